The summed E-state index contributed by atoms with van der Waals surface area (Å²) < 4.78 is 0. The number of nitrogens with two attached hydrogens (primary N) is 1. The van der Waals surface area contributed by atoms with Gasteiger partial charge in [0.05, 0.1) is 10.6 Å². The van der Waals surface area contributed by atoms with E-state index in [1.54, 1.807) is 18.0 Å². The molecule has 4 heterocycles. The van der Waals surface area contributed by atoms with Crippen LogP contribution in [0.25, 0.3) is 11.0 Å². The van der Waals surface area contributed by atoms with Gasteiger partial charge in [-0.05, 0) is 18.6 Å². The molecule has 0 spiro atoms. The molecule has 0 radical (unpaired) electrons. The van der Waals surface area contributed by atoms with Gasteiger partial charge in [-0.2, -0.15) is 0 Å². The van der Waals surface area contributed by atoms with E-state index in [9.17, 15) is 4.79 Å². The first-order chi connectivity index (χ1) is 11.2. The number of H-pyrrole nitrogens is 1. The molecule has 0 aliphatic carbocycles. The predicted molar refractivity (Wildman–Crippen MR) is 93.2 cm³/mol. The summed E-state index contributed by atoms with van der Waals surface area (Å²) in [7, 11) is 0. The maximum atomic E-state index is 12.7. The summed E-state index contributed by atoms with van der Waals surface area (Å²) in [5, 5.41) is 1.07. The van der Waals surface area contributed by atoms with Crippen molar-refractivity contribution in [2.75, 3.05) is 30.3 Å². The molecular weight excluding hydrogens is 310 g/mol. The summed E-state index contributed by atoms with van der Waals surface area (Å²) in [5.41, 5.74) is 7.87. The Morgan fingerprint density at radius 1 is 1.39 bits per heavy atom. The fourth-order valence-corrected chi connectivity index (χ4v) is 4.09. The molecule has 6 nitrogen and oxygen atoms in total. The van der Waals surface area contributed by atoms with Crippen LogP contribution < -0.4 is 10.6 Å². The quantitative estimate of drug-likeness (QED) is 0.873. The average molecular weight is 329 g/mol. The summed E-state index contributed by atoms with van der Waals surface area (Å²) >= 11 is 1.63. The van der Waals surface area contributed by atoms with Crippen molar-refractivity contribution in [3.8, 4) is 0 Å². The number of hydrogen-bond donors (Lipinski definition) is 2. The van der Waals surface area contributed by atoms with E-state index in [0.717, 1.165) is 46.9 Å². The Balaban J connectivity index is 1.63. The highest BCUT2D eigenvalue weighted by atomic mass is 32.2. The van der Waals surface area contributed by atoms with Crippen LogP contribution in [0.3, 0.4) is 0 Å². The third-order valence-corrected chi connectivity index (χ3v) is 5.31. The van der Waals surface area contributed by atoms with Gasteiger partial charge in [0.15, 0.2) is 0 Å². The molecule has 1 atom stereocenters. The van der Waals surface area contributed by atoms with E-state index in [4.69, 9.17) is 5.73 Å². The number of fused-ring (bicyclic) bond motifs is 1. The highest BCUT2D eigenvalue weighted by Gasteiger charge is 2.28. The first-order valence-corrected chi connectivity index (χ1v) is 8.79. The number of rotatable bonds is 2. The molecule has 120 valence electrons. The monoisotopic (exact) mass is 329 g/mol. The lowest BCUT2D eigenvalue weighted by atomic mass is 10.2. The normalized spacial score (nSPS) is 21.8. The van der Waals surface area contributed by atoms with E-state index in [1.807, 2.05) is 29.4 Å². The lowest BCUT2D eigenvalue weighted by Crippen LogP contribution is -2.34. The molecule has 2 aliphatic heterocycles. The van der Waals surface area contributed by atoms with E-state index < -0.39 is 0 Å². The second kappa shape index (κ2) is 5.90. The highest BCUT2D eigenvalue weighted by molar-refractivity contribution is 8.04. The molecule has 0 saturated carbocycles. The van der Waals surface area contributed by atoms with Crippen molar-refractivity contribution >= 4 is 34.4 Å². The molecule has 3 N–H and O–H groups in total. The van der Waals surface area contributed by atoms with Crippen LogP contribution in [0.1, 0.15) is 6.42 Å². The van der Waals surface area contributed by atoms with Crippen molar-refractivity contribution in [1.29, 1.82) is 0 Å². The molecule has 1 amide bonds. The lowest BCUT2D eigenvalue weighted by molar-refractivity contribution is -0.125. The fourth-order valence-electron chi connectivity index (χ4n) is 3.13. The van der Waals surface area contributed by atoms with Gasteiger partial charge in [-0.25, -0.2) is 4.98 Å². The van der Waals surface area contributed by atoms with Gasteiger partial charge in [-0.15, -0.1) is 11.8 Å². The van der Waals surface area contributed by atoms with Crippen molar-refractivity contribution in [1.82, 2.24) is 14.9 Å². The van der Waals surface area contributed by atoms with Crippen LogP contribution in [0.4, 0.5) is 5.69 Å². The standard InChI is InChI=1S/C16H19N5OS/c17-11-3-6-21(9-11)16(22)14-10-20(7-8-23-14)13-2-5-19-15-12(13)1-4-18-15/h1-2,4-5,10-11H,3,6-9,17H2,(H,18,19)/t11-/m1/s1. The number of pyridine rings is 1. The van der Waals surface area contributed by atoms with Crippen molar-refractivity contribution in [2.45, 2.75) is 12.5 Å². The summed E-state index contributed by atoms with van der Waals surface area (Å²) in [5.74, 6) is 0.998. The minimum atomic E-state index is 0.104. The van der Waals surface area contributed by atoms with Crippen LogP contribution in [0, 0.1) is 0 Å². The third-order valence-electron chi connectivity index (χ3n) is 4.33. The largest absolute Gasteiger partial charge is 0.346 e. The van der Waals surface area contributed by atoms with Gasteiger partial charge in [0.2, 0.25) is 0 Å². The van der Waals surface area contributed by atoms with E-state index in [2.05, 4.69) is 14.9 Å². The molecule has 7 heteroatoms. The summed E-state index contributed by atoms with van der Waals surface area (Å²) in [6, 6.07) is 4.13. The number of nitrogens with one attached hydrogen (secondary N) is 1. The fraction of sp³-hybridized carbons (Fsp3) is 0.375. The number of carbonyl (C=O) groups is 1. The van der Waals surface area contributed by atoms with Crippen molar-refractivity contribution in [2.24, 2.45) is 5.73 Å². The molecule has 2 aromatic heterocycles. The summed E-state index contributed by atoms with van der Waals surface area (Å²) in [6.07, 6.45) is 6.55. The first kappa shape index (κ1) is 14.6. The van der Waals surface area contributed by atoms with Crippen LogP contribution in [0.2, 0.25) is 0 Å². The zero-order valence-corrected chi connectivity index (χ0v) is 13.6. The van der Waals surface area contributed by atoms with Crippen molar-refractivity contribution < 1.29 is 4.79 Å². The second-order valence-corrected chi connectivity index (χ2v) is 7.04. The number of amides is 1. The van der Waals surface area contributed by atoms with E-state index in [1.165, 1.54) is 0 Å². The second-order valence-electron chi connectivity index (χ2n) is 5.91. The number of anilines is 1. The van der Waals surface area contributed by atoms with Gasteiger partial charge in [0.1, 0.15) is 5.65 Å². The molecule has 23 heavy (non-hydrogen) atoms. The minimum Gasteiger partial charge on any atom is -0.346 e. The van der Waals surface area contributed by atoms with Gasteiger partial charge in [0, 0.05) is 55.4 Å². The third kappa shape index (κ3) is 2.70. The zero-order chi connectivity index (χ0) is 15.8. The van der Waals surface area contributed by atoms with Crippen LogP contribution in [-0.2, 0) is 4.79 Å². The van der Waals surface area contributed by atoms with Gasteiger partial charge in [-0.1, -0.05) is 0 Å². The molecule has 0 unspecified atom stereocenters. The number of likely N-dealkylation sites (tertiary alicyclic amines) is 1. The molecule has 1 saturated heterocycles. The molecule has 0 bridgehead atoms. The van der Waals surface area contributed by atoms with Gasteiger partial charge in [-0.3, -0.25) is 4.79 Å². The number of hydrogen-bond acceptors (Lipinski definition) is 5. The predicted octanol–water partition coefficient (Wildman–Crippen LogP) is 1.52. The Morgan fingerprint density at radius 3 is 3.13 bits per heavy atom. The number of carbonyl (C=O) groups excluding carboxylic acids is 1. The topological polar surface area (TPSA) is 78.2 Å². The molecule has 2 aromatic rings. The highest BCUT2D eigenvalue weighted by Crippen LogP contribution is 2.31. The Kier molecular flexibility index (Phi) is 3.74. The Morgan fingerprint density at radius 2 is 2.30 bits per heavy atom. The van der Waals surface area contributed by atoms with Crippen molar-refractivity contribution in [3.05, 3.63) is 35.6 Å². The number of aromatic nitrogens is 2. The minimum absolute atomic E-state index is 0.104. The summed E-state index contributed by atoms with van der Waals surface area (Å²) in [4.78, 5) is 24.9. The maximum Gasteiger partial charge on any atom is 0.261 e. The van der Waals surface area contributed by atoms with Gasteiger partial charge in [0.25, 0.3) is 5.91 Å². The van der Waals surface area contributed by atoms with E-state index >= 15 is 0 Å². The lowest BCUT2D eigenvalue weighted by Gasteiger charge is -2.28. The molecular formula is C16H19N5OS. The van der Waals surface area contributed by atoms with Crippen LogP contribution in [0.5, 0.6) is 0 Å². The van der Waals surface area contributed by atoms with Crippen LogP contribution >= 0.6 is 11.8 Å². The molecule has 0 aromatic carbocycles. The van der Waals surface area contributed by atoms with Crippen LogP contribution in [0.15, 0.2) is 35.6 Å². The Bertz CT molecular complexity index is 771. The Labute approximate surface area is 138 Å². The van der Waals surface area contributed by atoms with Gasteiger partial charge >= 0.3 is 0 Å². The van der Waals surface area contributed by atoms with E-state index in [-0.39, 0.29) is 11.9 Å². The smallest absolute Gasteiger partial charge is 0.261 e. The average Bonchev–Trinajstić information content (AvgIpc) is 3.22. The zero-order valence-electron chi connectivity index (χ0n) is 12.7. The molecule has 4 rings (SSSR count). The van der Waals surface area contributed by atoms with E-state index in [0.29, 0.717) is 6.54 Å². The molecule has 2 aliphatic rings. The SMILES string of the molecule is N[C@@H]1CCN(C(=O)C2=CN(c3ccnc4[nH]ccc34)CCS2)C1. The van der Waals surface area contributed by atoms with Crippen LogP contribution in [-0.4, -0.2) is 52.2 Å². The Hall–Kier alpha value is -1.99. The maximum absolute atomic E-state index is 12.7. The van der Waals surface area contributed by atoms with Crippen molar-refractivity contribution in [3.63, 3.8) is 0 Å². The van der Waals surface area contributed by atoms with Gasteiger partial charge < -0.3 is 20.5 Å². The number of nitrogens with zero attached hydrogens (tertiary/aromatic N) is 3. The first-order valence-electron chi connectivity index (χ1n) is 7.80. The number of aromatic amines is 1. The summed E-state index contributed by atoms with van der Waals surface area (Å²) in [6.45, 7) is 2.30. The molecule has 1 fully saturated rings. The number of thioether (sulfide) groups is 1.